The molecule has 2 atom stereocenters. The summed E-state index contributed by atoms with van der Waals surface area (Å²) < 4.78 is 18.7. The van der Waals surface area contributed by atoms with Crippen molar-refractivity contribution in [3.8, 4) is 0 Å². The van der Waals surface area contributed by atoms with Gasteiger partial charge < -0.3 is 19.1 Å². The molecule has 0 spiro atoms. The smallest absolute Gasteiger partial charge is 0.306 e. The van der Waals surface area contributed by atoms with Gasteiger partial charge in [0.05, 0.1) is 23.3 Å². The molecule has 2 heterocycles. The molecule has 0 fully saturated rings. The number of ether oxygens (including phenoxy) is 3. The number of carbonyl (C=O) groups is 2. The van der Waals surface area contributed by atoms with Gasteiger partial charge in [-0.1, -0.05) is 5.21 Å². The molecular weight excluding hydrogens is 388 g/mol. The zero-order valence-electron chi connectivity index (χ0n) is 19.5. The Balaban J connectivity index is 2.19. The normalized spacial score (nSPS) is 20.3. The first-order valence-corrected chi connectivity index (χ1v) is 10.4. The van der Waals surface area contributed by atoms with Gasteiger partial charge in [-0.2, -0.15) is 0 Å². The van der Waals surface area contributed by atoms with E-state index in [-0.39, 0.29) is 36.4 Å². The molecule has 0 aromatic carbocycles. The molecule has 9 nitrogen and oxygen atoms in total. The van der Waals surface area contributed by atoms with E-state index < -0.39 is 11.7 Å². The second-order valence-electron chi connectivity index (χ2n) is 9.61. The maximum atomic E-state index is 12.8. The van der Waals surface area contributed by atoms with Crippen LogP contribution in [0.4, 0.5) is 0 Å². The van der Waals surface area contributed by atoms with E-state index in [9.17, 15) is 9.59 Å². The van der Waals surface area contributed by atoms with Gasteiger partial charge >= 0.3 is 5.97 Å². The number of hydrogen-bond donors (Lipinski definition) is 0. The van der Waals surface area contributed by atoms with Crippen LogP contribution in [0.2, 0.25) is 0 Å². The highest BCUT2D eigenvalue weighted by Gasteiger charge is 2.37. The number of carbonyl (C=O) groups excluding carboxylic acids is 2. The number of rotatable bonds is 5. The van der Waals surface area contributed by atoms with Crippen molar-refractivity contribution in [3.63, 3.8) is 0 Å². The predicted octanol–water partition coefficient (Wildman–Crippen LogP) is 2.24. The van der Waals surface area contributed by atoms with Gasteiger partial charge in [0.15, 0.2) is 0 Å². The average molecular weight is 425 g/mol. The topological polar surface area (TPSA) is 95.8 Å². The SMILES string of the molecule is CO[C@H]1CN(C(=O)CCC(=O)OC(C)(C)C)CCc2nnn(C(C)(C)C)c2[C@@H]1OC. The third-order valence-electron chi connectivity index (χ3n) is 4.91. The number of esters is 1. The molecule has 1 aromatic rings. The van der Waals surface area contributed by atoms with E-state index in [1.165, 1.54) is 0 Å². The highest BCUT2D eigenvalue weighted by Crippen LogP contribution is 2.31. The number of amides is 1. The predicted molar refractivity (Wildman–Crippen MR) is 111 cm³/mol. The highest BCUT2D eigenvalue weighted by molar-refractivity contribution is 5.81. The Morgan fingerprint density at radius 2 is 1.73 bits per heavy atom. The van der Waals surface area contributed by atoms with Crippen molar-refractivity contribution >= 4 is 11.9 Å². The summed E-state index contributed by atoms with van der Waals surface area (Å²) in [6.45, 7) is 12.4. The van der Waals surface area contributed by atoms with Crippen LogP contribution < -0.4 is 0 Å². The van der Waals surface area contributed by atoms with Crippen LogP contribution >= 0.6 is 0 Å². The van der Waals surface area contributed by atoms with Crippen LogP contribution in [0.5, 0.6) is 0 Å². The minimum atomic E-state index is -0.567. The second-order valence-corrected chi connectivity index (χ2v) is 9.61. The first kappa shape index (κ1) is 24.3. The van der Waals surface area contributed by atoms with Gasteiger partial charge in [-0.05, 0) is 41.5 Å². The van der Waals surface area contributed by atoms with Gasteiger partial charge in [0, 0.05) is 40.2 Å². The summed E-state index contributed by atoms with van der Waals surface area (Å²) in [4.78, 5) is 26.5. The molecule has 2 rings (SSSR count). The molecule has 0 N–H and O–H groups in total. The summed E-state index contributed by atoms with van der Waals surface area (Å²) in [6.07, 6.45) is -0.117. The van der Waals surface area contributed by atoms with E-state index in [2.05, 4.69) is 31.1 Å². The number of nitrogens with zero attached hydrogens (tertiary/aromatic N) is 4. The Morgan fingerprint density at radius 1 is 1.07 bits per heavy atom. The molecule has 0 saturated heterocycles. The van der Waals surface area contributed by atoms with Crippen LogP contribution in [0.1, 0.15) is 71.9 Å². The quantitative estimate of drug-likeness (QED) is 0.669. The van der Waals surface area contributed by atoms with Gasteiger partial charge in [-0.15, -0.1) is 5.10 Å². The van der Waals surface area contributed by atoms with Crippen molar-refractivity contribution < 1.29 is 23.8 Å². The molecule has 0 unspecified atom stereocenters. The Kier molecular flexibility index (Phi) is 7.63. The molecule has 0 saturated carbocycles. The molecule has 1 aromatic heterocycles. The van der Waals surface area contributed by atoms with Crippen LogP contribution in [0.3, 0.4) is 0 Å². The Bertz CT molecular complexity index is 748. The molecule has 0 radical (unpaired) electrons. The fraction of sp³-hybridized carbons (Fsp3) is 0.810. The fourth-order valence-electron chi connectivity index (χ4n) is 3.55. The summed E-state index contributed by atoms with van der Waals surface area (Å²) in [7, 11) is 3.23. The number of hydrogen-bond acceptors (Lipinski definition) is 7. The monoisotopic (exact) mass is 424 g/mol. The second kappa shape index (κ2) is 9.43. The molecule has 30 heavy (non-hydrogen) atoms. The van der Waals surface area contributed by atoms with Crippen LogP contribution in [-0.2, 0) is 35.8 Å². The van der Waals surface area contributed by atoms with Gasteiger partial charge in [-0.25, -0.2) is 4.68 Å². The lowest BCUT2D eigenvalue weighted by Gasteiger charge is -2.35. The molecule has 0 aliphatic carbocycles. The van der Waals surface area contributed by atoms with E-state index in [0.29, 0.717) is 19.5 Å². The van der Waals surface area contributed by atoms with Crippen molar-refractivity contribution in [1.29, 1.82) is 0 Å². The molecule has 170 valence electrons. The lowest BCUT2D eigenvalue weighted by atomic mass is 10.00. The molecule has 1 aliphatic heterocycles. The van der Waals surface area contributed by atoms with Gasteiger partial charge in [0.1, 0.15) is 17.8 Å². The Hall–Kier alpha value is -2.00. The zero-order valence-corrected chi connectivity index (χ0v) is 19.5. The molecule has 9 heteroatoms. The van der Waals surface area contributed by atoms with E-state index in [1.807, 2.05) is 4.68 Å². The summed E-state index contributed by atoms with van der Waals surface area (Å²) in [5, 5.41) is 8.71. The first-order valence-electron chi connectivity index (χ1n) is 10.4. The number of fused-ring (bicyclic) bond motifs is 1. The van der Waals surface area contributed by atoms with Crippen molar-refractivity contribution in [1.82, 2.24) is 19.9 Å². The summed E-state index contributed by atoms with van der Waals surface area (Å²) in [6, 6.07) is 0. The third-order valence-corrected chi connectivity index (χ3v) is 4.91. The number of methoxy groups -OCH3 is 2. The van der Waals surface area contributed by atoms with Crippen LogP contribution in [0.15, 0.2) is 0 Å². The summed E-state index contributed by atoms with van der Waals surface area (Å²) in [5.41, 5.74) is 0.849. The van der Waals surface area contributed by atoms with Crippen molar-refractivity contribution in [2.24, 2.45) is 0 Å². The largest absolute Gasteiger partial charge is 0.460 e. The maximum Gasteiger partial charge on any atom is 0.306 e. The van der Waals surface area contributed by atoms with Gasteiger partial charge in [0.25, 0.3) is 0 Å². The molecule has 1 aliphatic rings. The minimum absolute atomic E-state index is 0.0451. The highest BCUT2D eigenvalue weighted by atomic mass is 16.6. The molecular formula is C21H36N4O5. The van der Waals surface area contributed by atoms with E-state index in [0.717, 1.165) is 11.4 Å². The van der Waals surface area contributed by atoms with Crippen LogP contribution in [-0.4, -0.2) is 70.8 Å². The average Bonchev–Trinajstić information content (AvgIpc) is 3.02. The van der Waals surface area contributed by atoms with Gasteiger partial charge in [-0.3, -0.25) is 9.59 Å². The van der Waals surface area contributed by atoms with E-state index in [1.54, 1.807) is 39.9 Å². The van der Waals surface area contributed by atoms with E-state index >= 15 is 0 Å². The maximum absolute atomic E-state index is 12.8. The van der Waals surface area contributed by atoms with Crippen LogP contribution in [0, 0.1) is 0 Å². The van der Waals surface area contributed by atoms with Crippen LogP contribution in [0.25, 0.3) is 0 Å². The van der Waals surface area contributed by atoms with Crippen molar-refractivity contribution in [2.45, 2.75) is 84.2 Å². The third kappa shape index (κ3) is 6.01. The molecule has 0 bridgehead atoms. The summed E-state index contributed by atoms with van der Waals surface area (Å²) in [5.74, 6) is -0.499. The van der Waals surface area contributed by atoms with Crippen molar-refractivity contribution in [3.05, 3.63) is 11.4 Å². The van der Waals surface area contributed by atoms with E-state index in [4.69, 9.17) is 14.2 Å². The number of aromatic nitrogens is 3. The Labute approximate surface area is 179 Å². The summed E-state index contributed by atoms with van der Waals surface area (Å²) >= 11 is 0. The molecule has 1 amide bonds. The fourth-order valence-corrected chi connectivity index (χ4v) is 3.55. The minimum Gasteiger partial charge on any atom is -0.460 e. The first-order chi connectivity index (χ1) is 13.9. The lowest BCUT2D eigenvalue weighted by molar-refractivity contribution is -0.156. The zero-order chi connectivity index (χ0) is 22.7. The standard InChI is InChI=1S/C21H36N4O5/c1-20(2,3)25-18-14(22-23-25)11-12-24(13-15(28-7)19(18)29-8)16(26)9-10-17(27)30-21(4,5)6/h15,19H,9-13H2,1-8H3/t15-,19+/m0/s1. The van der Waals surface area contributed by atoms with Gasteiger partial charge in [0.2, 0.25) is 5.91 Å². The van der Waals surface area contributed by atoms with Crippen molar-refractivity contribution in [2.75, 3.05) is 27.3 Å². The Morgan fingerprint density at radius 3 is 2.27 bits per heavy atom. The lowest BCUT2D eigenvalue weighted by Crippen LogP contribution is -2.45.